The highest BCUT2D eigenvalue weighted by atomic mass is 32.1. The molecule has 1 atom stereocenters. The number of nitrogens with one attached hydrogen (secondary N) is 1. The summed E-state index contributed by atoms with van der Waals surface area (Å²) in [5, 5.41) is 3.65. The van der Waals surface area contributed by atoms with E-state index in [4.69, 9.17) is 4.74 Å². The first kappa shape index (κ1) is 21.4. The van der Waals surface area contributed by atoms with E-state index in [-0.39, 0.29) is 17.9 Å². The van der Waals surface area contributed by atoms with Crippen LogP contribution < -0.4 is 15.6 Å². The van der Waals surface area contributed by atoms with Crippen molar-refractivity contribution in [1.82, 2.24) is 19.3 Å². The maximum atomic E-state index is 13.0. The smallest absolute Gasteiger partial charge is 0.295 e. The van der Waals surface area contributed by atoms with E-state index < -0.39 is 5.91 Å². The summed E-state index contributed by atoms with van der Waals surface area (Å²) < 4.78 is 9.08. The van der Waals surface area contributed by atoms with Crippen LogP contribution in [0.4, 0.5) is 5.69 Å². The molecule has 0 radical (unpaired) electrons. The third-order valence-corrected chi connectivity index (χ3v) is 7.38. The Bertz CT molecular complexity index is 1400. The summed E-state index contributed by atoms with van der Waals surface area (Å²) in [7, 11) is 1.79. The van der Waals surface area contributed by atoms with Gasteiger partial charge in [0.2, 0.25) is 5.88 Å². The number of rotatable bonds is 5. The maximum absolute atomic E-state index is 13.0. The number of anilines is 1. The van der Waals surface area contributed by atoms with E-state index in [0.717, 1.165) is 35.2 Å². The summed E-state index contributed by atoms with van der Waals surface area (Å²) in [5.74, 6) is 0.668. The van der Waals surface area contributed by atoms with Crippen molar-refractivity contribution in [1.29, 1.82) is 0 Å². The van der Waals surface area contributed by atoms with E-state index in [1.807, 2.05) is 30.3 Å². The molecule has 0 bridgehead atoms. The van der Waals surface area contributed by atoms with Gasteiger partial charge in [0.15, 0.2) is 6.61 Å². The molecule has 1 amide bonds. The summed E-state index contributed by atoms with van der Waals surface area (Å²) in [5.41, 5.74) is 2.57. The van der Waals surface area contributed by atoms with E-state index in [1.54, 1.807) is 30.0 Å². The Morgan fingerprint density at radius 2 is 2.06 bits per heavy atom. The molecule has 3 heterocycles. The summed E-state index contributed by atoms with van der Waals surface area (Å²) in [6.45, 7) is 3.81. The molecule has 0 aliphatic heterocycles. The van der Waals surface area contributed by atoms with Crippen molar-refractivity contribution in [3.8, 4) is 11.6 Å². The molecule has 1 N–H and O–H groups in total. The Morgan fingerprint density at radius 1 is 1.27 bits per heavy atom. The Morgan fingerprint density at radius 3 is 2.85 bits per heavy atom. The molecule has 0 unspecified atom stereocenters. The van der Waals surface area contributed by atoms with Crippen LogP contribution in [0.2, 0.25) is 0 Å². The quantitative estimate of drug-likeness (QED) is 0.488. The number of nitrogens with zero attached hydrogens (tertiary/aromatic N) is 4. The van der Waals surface area contributed by atoms with Gasteiger partial charge in [0.1, 0.15) is 16.8 Å². The second-order valence-corrected chi connectivity index (χ2v) is 9.57. The van der Waals surface area contributed by atoms with Crippen LogP contribution in [0.15, 0.2) is 41.5 Å². The van der Waals surface area contributed by atoms with E-state index in [1.165, 1.54) is 21.4 Å². The van der Waals surface area contributed by atoms with Crippen molar-refractivity contribution in [2.24, 2.45) is 13.0 Å². The number of carbonyl (C=O) groups excluding carboxylic acids is 1. The summed E-state index contributed by atoms with van der Waals surface area (Å²) in [6.07, 6.45) is 4.60. The fourth-order valence-electron chi connectivity index (χ4n) is 4.38. The lowest BCUT2D eigenvalue weighted by Gasteiger charge is -2.18. The van der Waals surface area contributed by atoms with Crippen LogP contribution in [0.3, 0.4) is 0 Å². The molecule has 1 aromatic carbocycles. The minimum Gasteiger partial charge on any atom is -0.467 e. The van der Waals surface area contributed by atoms with Crippen LogP contribution in [0, 0.1) is 12.8 Å². The Hall–Kier alpha value is -3.46. The molecule has 5 rings (SSSR count). The highest BCUT2D eigenvalue weighted by molar-refractivity contribution is 7.18. The second-order valence-electron chi connectivity index (χ2n) is 8.48. The molecule has 33 heavy (non-hydrogen) atoms. The first-order chi connectivity index (χ1) is 15.9. The van der Waals surface area contributed by atoms with Gasteiger partial charge in [-0.3, -0.25) is 14.3 Å². The van der Waals surface area contributed by atoms with Crippen molar-refractivity contribution in [2.45, 2.75) is 33.1 Å². The molecule has 0 spiro atoms. The van der Waals surface area contributed by atoms with Crippen molar-refractivity contribution < 1.29 is 9.53 Å². The van der Waals surface area contributed by atoms with Crippen LogP contribution in [-0.4, -0.2) is 31.8 Å². The number of hydrogen-bond donors (Lipinski definition) is 1. The molecule has 170 valence electrons. The van der Waals surface area contributed by atoms with E-state index >= 15 is 0 Å². The first-order valence-corrected chi connectivity index (χ1v) is 11.8. The molecular formula is C24H25N5O3S. The standard InChI is InChI=1S/C24H25N5O3S/c1-14-9-10-17-18(11-14)33-23-20(17)22(25-13-26-23)32-12-19(30)27-21-15(2)28(3)29(24(21)31)16-7-5-4-6-8-16/h4-8,13-14H,9-12H2,1-3H3,(H,27,30)/t14-/m0/s1. The SMILES string of the molecule is Cc1c(NC(=O)COc2ncnc3sc4c(c23)CC[C@H](C)C4)c(=O)n(-c2ccccc2)n1C. The first-order valence-electron chi connectivity index (χ1n) is 11.0. The highest BCUT2D eigenvalue weighted by Crippen LogP contribution is 2.40. The van der Waals surface area contributed by atoms with Gasteiger partial charge >= 0.3 is 0 Å². The zero-order valence-electron chi connectivity index (χ0n) is 18.8. The highest BCUT2D eigenvalue weighted by Gasteiger charge is 2.24. The fourth-order valence-corrected chi connectivity index (χ4v) is 5.72. The maximum Gasteiger partial charge on any atom is 0.295 e. The van der Waals surface area contributed by atoms with Gasteiger partial charge in [-0.15, -0.1) is 11.3 Å². The van der Waals surface area contributed by atoms with Crippen LogP contribution in [-0.2, 0) is 24.7 Å². The fraction of sp³-hybridized carbons (Fsp3) is 0.333. The predicted octanol–water partition coefficient (Wildman–Crippen LogP) is 3.63. The molecule has 4 aromatic rings. The van der Waals surface area contributed by atoms with Crippen molar-refractivity contribution in [3.63, 3.8) is 0 Å². The Labute approximate surface area is 194 Å². The lowest BCUT2D eigenvalue weighted by molar-refractivity contribution is -0.118. The lowest BCUT2D eigenvalue weighted by atomic mass is 9.89. The minimum atomic E-state index is -0.412. The van der Waals surface area contributed by atoms with E-state index in [2.05, 4.69) is 22.2 Å². The number of carbonyl (C=O) groups is 1. The van der Waals surface area contributed by atoms with E-state index in [0.29, 0.717) is 17.5 Å². The zero-order chi connectivity index (χ0) is 23.1. The third-order valence-electron chi connectivity index (χ3n) is 6.22. The molecule has 0 saturated carbocycles. The van der Waals surface area contributed by atoms with Gasteiger partial charge in [-0.1, -0.05) is 25.1 Å². The Kier molecular flexibility index (Phi) is 5.49. The average molecular weight is 464 g/mol. The largest absolute Gasteiger partial charge is 0.467 e. The van der Waals surface area contributed by atoms with Crippen LogP contribution in [0.1, 0.15) is 29.5 Å². The predicted molar refractivity (Wildman–Crippen MR) is 128 cm³/mol. The van der Waals surface area contributed by atoms with E-state index in [9.17, 15) is 9.59 Å². The molecule has 0 fully saturated rings. The molecule has 0 saturated heterocycles. The number of fused-ring (bicyclic) bond motifs is 3. The summed E-state index contributed by atoms with van der Waals surface area (Å²) >= 11 is 1.68. The number of thiophene rings is 1. The van der Waals surface area contributed by atoms with Crippen LogP contribution in [0.25, 0.3) is 15.9 Å². The number of ether oxygens (including phenoxy) is 1. The normalized spacial score (nSPS) is 15.4. The van der Waals surface area contributed by atoms with Gasteiger partial charge in [-0.25, -0.2) is 14.6 Å². The third kappa shape index (κ3) is 3.82. The molecule has 1 aliphatic rings. The molecule has 1 aliphatic carbocycles. The Balaban J connectivity index is 1.36. The van der Waals surface area contributed by atoms with Gasteiger partial charge in [-0.2, -0.15) is 0 Å². The van der Waals surface area contributed by atoms with Crippen LogP contribution >= 0.6 is 11.3 Å². The van der Waals surface area contributed by atoms with Gasteiger partial charge in [0.25, 0.3) is 11.5 Å². The molecule has 3 aromatic heterocycles. The zero-order valence-corrected chi connectivity index (χ0v) is 19.6. The minimum absolute atomic E-state index is 0.240. The molecular weight excluding hydrogens is 438 g/mol. The lowest BCUT2D eigenvalue weighted by Crippen LogP contribution is -2.26. The van der Waals surface area contributed by atoms with Gasteiger partial charge in [0, 0.05) is 11.9 Å². The molecule has 8 nitrogen and oxygen atoms in total. The van der Waals surface area contributed by atoms with Crippen molar-refractivity contribution in [3.05, 3.63) is 63.1 Å². The number of benzene rings is 1. The number of aromatic nitrogens is 4. The number of hydrogen-bond acceptors (Lipinski definition) is 6. The molecule has 9 heteroatoms. The van der Waals surface area contributed by atoms with Crippen molar-refractivity contribution in [2.75, 3.05) is 11.9 Å². The van der Waals surface area contributed by atoms with Gasteiger partial charge in [0.05, 0.1) is 16.8 Å². The van der Waals surface area contributed by atoms with Gasteiger partial charge < -0.3 is 10.1 Å². The van der Waals surface area contributed by atoms with Gasteiger partial charge in [-0.05, 0) is 49.8 Å². The topological polar surface area (TPSA) is 91.0 Å². The number of para-hydroxylation sites is 1. The second kappa shape index (κ2) is 8.47. The monoisotopic (exact) mass is 463 g/mol. The van der Waals surface area contributed by atoms with Crippen LogP contribution in [0.5, 0.6) is 5.88 Å². The number of aryl methyl sites for hydroxylation is 1. The van der Waals surface area contributed by atoms with Crippen molar-refractivity contribution >= 4 is 33.1 Å². The number of amides is 1. The average Bonchev–Trinajstić information content (AvgIpc) is 3.28. The summed E-state index contributed by atoms with van der Waals surface area (Å²) in [4.78, 5) is 36.7. The summed E-state index contributed by atoms with van der Waals surface area (Å²) in [6, 6.07) is 9.31.